The quantitative estimate of drug-likeness (QED) is 0.261. The first-order chi connectivity index (χ1) is 7.00. The molecule has 0 spiro atoms. The average Bonchev–Trinajstić information content (AvgIpc) is 2.17. The molecule has 0 aromatic carbocycles. The van der Waals surface area contributed by atoms with Crippen LogP contribution in [-0.4, -0.2) is 23.9 Å². The van der Waals surface area contributed by atoms with Crippen molar-refractivity contribution in [1.29, 1.82) is 10.8 Å². The molecule has 15 heavy (non-hydrogen) atoms. The summed E-state index contributed by atoms with van der Waals surface area (Å²) in [5.41, 5.74) is 16.3. The highest BCUT2D eigenvalue weighted by molar-refractivity contribution is 5.94. The Morgan fingerprint density at radius 3 is 2.47 bits per heavy atom. The summed E-state index contributed by atoms with van der Waals surface area (Å²) in [6.07, 6.45) is 5.88. The van der Waals surface area contributed by atoms with Crippen molar-refractivity contribution in [3.8, 4) is 0 Å². The van der Waals surface area contributed by atoms with Crippen molar-refractivity contribution in [2.24, 2.45) is 17.2 Å². The molecule has 1 rings (SSSR count). The van der Waals surface area contributed by atoms with E-state index in [-0.39, 0.29) is 11.8 Å². The maximum absolute atomic E-state index is 7.50. The van der Waals surface area contributed by atoms with Gasteiger partial charge in [-0.05, 0) is 12.0 Å². The summed E-state index contributed by atoms with van der Waals surface area (Å²) < 4.78 is 0. The Morgan fingerprint density at radius 1 is 1.47 bits per heavy atom. The van der Waals surface area contributed by atoms with Crippen LogP contribution in [0.1, 0.15) is 6.42 Å². The molecule has 0 heterocycles. The van der Waals surface area contributed by atoms with Crippen molar-refractivity contribution < 1.29 is 0 Å². The second kappa shape index (κ2) is 4.14. The Labute approximate surface area is 88.2 Å². The highest BCUT2D eigenvalue weighted by Gasteiger charge is 2.31. The zero-order chi connectivity index (χ0) is 11.5. The lowest BCUT2D eigenvalue weighted by molar-refractivity contribution is 0.605. The van der Waals surface area contributed by atoms with Crippen molar-refractivity contribution in [2.75, 3.05) is 6.54 Å². The molecule has 1 atom stereocenters. The van der Waals surface area contributed by atoms with Gasteiger partial charge in [0, 0.05) is 6.54 Å². The molecule has 0 bridgehead atoms. The van der Waals surface area contributed by atoms with Crippen LogP contribution < -0.4 is 22.5 Å². The van der Waals surface area contributed by atoms with Gasteiger partial charge < -0.3 is 22.5 Å². The van der Waals surface area contributed by atoms with Gasteiger partial charge in [-0.25, -0.2) is 0 Å². The first-order valence-corrected chi connectivity index (χ1v) is 4.55. The van der Waals surface area contributed by atoms with Gasteiger partial charge in [-0.3, -0.25) is 10.8 Å². The zero-order valence-electron chi connectivity index (χ0n) is 8.38. The molecule has 6 nitrogen and oxygen atoms in total. The van der Waals surface area contributed by atoms with Crippen LogP contribution in [0.5, 0.6) is 0 Å². The number of hydrogen-bond acceptors (Lipinski definition) is 3. The molecule has 0 aliphatic heterocycles. The summed E-state index contributed by atoms with van der Waals surface area (Å²) in [6.45, 7) is 0.449. The van der Waals surface area contributed by atoms with Gasteiger partial charge in [-0.15, -0.1) is 0 Å². The van der Waals surface area contributed by atoms with Crippen LogP contribution in [0, 0.1) is 10.8 Å². The van der Waals surface area contributed by atoms with Crippen molar-refractivity contribution in [3.63, 3.8) is 0 Å². The van der Waals surface area contributed by atoms with Gasteiger partial charge >= 0.3 is 0 Å². The standard InChI is InChI=1S/C9H16N6/c10-5-6-1-3-9(4-2-6,7(11)12)15-8(13)14/h1-3H,4-5,10H2,(H3,11,12)(H4,13,14,15). The van der Waals surface area contributed by atoms with Crippen molar-refractivity contribution >= 4 is 11.8 Å². The number of amidine groups is 1. The molecule has 0 aromatic heterocycles. The van der Waals surface area contributed by atoms with E-state index in [0.29, 0.717) is 13.0 Å². The number of hydrogen-bond donors (Lipinski definition) is 6. The molecular weight excluding hydrogens is 192 g/mol. The molecule has 0 amide bonds. The van der Waals surface area contributed by atoms with E-state index in [0.717, 1.165) is 5.57 Å². The van der Waals surface area contributed by atoms with Gasteiger partial charge in [0.05, 0.1) is 0 Å². The summed E-state index contributed by atoms with van der Waals surface area (Å²) in [7, 11) is 0. The number of nitrogens with one attached hydrogen (secondary N) is 3. The minimum atomic E-state index is -0.871. The van der Waals surface area contributed by atoms with Crippen LogP contribution in [0.25, 0.3) is 0 Å². The van der Waals surface area contributed by atoms with Gasteiger partial charge in [0.1, 0.15) is 11.4 Å². The Balaban J connectivity index is 2.89. The van der Waals surface area contributed by atoms with E-state index >= 15 is 0 Å². The molecule has 1 unspecified atom stereocenters. The molecule has 9 N–H and O–H groups in total. The highest BCUT2D eigenvalue weighted by Crippen LogP contribution is 2.20. The van der Waals surface area contributed by atoms with E-state index < -0.39 is 5.54 Å². The minimum absolute atomic E-state index is 0.0683. The van der Waals surface area contributed by atoms with Crippen molar-refractivity contribution in [2.45, 2.75) is 12.0 Å². The van der Waals surface area contributed by atoms with Crippen LogP contribution >= 0.6 is 0 Å². The Bertz CT molecular complexity index is 343. The molecule has 6 heteroatoms. The van der Waals surface area contributed by atoms with Gasteiger partial charge in [0.15, 0.2) is 5.96 Å². The monoisotopic (exact) mass is 208 g/mol. The SMILES string of the molecule is N=C(N)NC1(C(=N)N)C=CC(CN)=CC1. The first-order valence-electron chi connectivity index (χ1n) is 4.55. The third-order valence-electron chi connectivity index (χ3n) is 2.34. The number of rotatable bonds is 3. The fourth-order valence-electron chi connectivity index (χ4n) is 1.43. The Hall–Kier alpha value is -1.82. The maximum atomic E-state index is 7.50. The first kappa shape index (κ1) is 11.3. The lowest BCUT2D eigenvalue weighted by Crippen LogP contribution is -2.57. The predicted octanol–water partition coefficient (Wildman–Crippen LogP) is -1.01. The second-order valence-electron chi connectivity index (χ2n) is 3.44. The van der Waals surface area contributed by atoms with Gasteiger partial charge in [0.2, 0.25) is 0 Å². The van der Waals surface area contributed by atoms with Crippen molar-refractivity contribution in [1.82, 2.24) is 5.32 Å². The molecule has 0 fully saturated rings. The van der Waals surface area contributed by atoms with Gasteiger partial charge in [0.25, 0.3) is 0 Å². The van der Waals surface area contributed by atoms with Crippen LogP contribution in [0.4, 0.5) is 0 Å². The number of nitrogens with two attached hydrogens (primary N) is 3. The molecule has 1 aliphatic carbocycles. The van der Waals surface area contributed by atoms with E-state index in [4.69, 9.17) is 28.0 Å². The second-order valence-corrected chi connectivity index (χ2v) is 3.44. The van der Waals surface area contributed by atoms with Gasteiger partial charge in [-0.1, -0.05) is 18.2 Å². The Kier molecular flexibility index (Phi) is 3.11. The minimum Gasteiger partial charge on any atom is -0.385 e. The van der Waals surface area contributed by atoms with E-state index in [1.165, 1.54) is 0 Å². The molecule has 0 radical (unpaired) electrons. The van der Waals surface area contributed by atoms with Crippen LogP contribution in [0.3, 0.4) is 0 Å². The fourth-order valence-corrected chi connectivity index (χ4v) is 1.43. The molecule has 0 saturated heterocycles. The van der Waals surface area contributed by atoms with E-state index in [1.807, 2.05) is 6.08 Å². The molecule has 0 saturated carbocycles. The largest absolute Gasteiger partial charge is 0.385 e. The third kappa shape index (κ3) is 2.35. The smallest absolute Gasteiger partial charge is 0.186 e. The molecule has 0 aromatic rings. The molecule has 1 aliphatic rings. The van der Waals surface area contributed by atoms with Crippen molar-refractivity contribution in [3.05, 3.63) is 23.8 Å². The topological polar surface area (TPSA) is 138 Å². The lowest BCUT2D eigenvalue weighted by atomic mass is 9.87. The maximum Gasteiger partial charge on any atom is 0.186 e. The highest BCUT2D eigenvalue weighted by atomic mass is 15.1. The Morgan fingerprint density at radius 2 is 2.13 bits per heavy atom. The van der Waals surface area contributed by atoms with E-state index in [2.05, 4.69) is 5.32 Å². The average molecular weight is 208 g/mol. The fraction of sp³-hybridized carbons (Fsp3) is 0.333. The lowest BCUT2D eigenvalue weighted by Gasteiger charge is -2.32. The molecular formula is C9H16N6. The third-order valence-corrected chi connectivity index (χ3v) is 2.34. The summed E-state index contributed by atoms with van der Waals surface area (Å²) in [4.78, 5) is 0. The number of guanidine groups is 1. The van der Waals surface area contributed by atoms with Crippen LogP contribution in [0.2, 0.25) is 0 Å². The summed E-state index contributed by atoms with van der Waals surface area (Å²) in [5.74, 6) is -0.277. The summed E-state index contributed by atoms with van der Waals surface area (Å²) >= 11 is 0. The normalized spacial score (nSPS) is 24.5. The van der Waals surface area contributed by atoms with E-state index in [1.54, 1.807) is 12.2 Å². The zero-order valence-corrected chi connectivity index (χ0v) is 8.38. The predicted molar refractivity (Wildman–Crippen MR) is 60.6 cm³/mol. The molecule has 82 valence electrons. The summed E-state index contributed by atoms with van der Waals surface area (Å²) in [6, 6.07) is 0. The summed E-state index contributed by atoms with van der Waals surface area (Å²) in [5, 5.41) is 17.4. The van der Waals surface area contributed by atoms with Crippen LogP contribution in [0.15, 0.2) is 23.8 Å². The van der Waals surface area contributed by atoms with E-state index in [9.17, 15) is 0 Å². The van der Waals surface area contributed by atoms with Gasteiger partial charge in [-0.2, -0.15) is 0 Å². The van der Waals surface area contributed by atoms with Crippen LogP contribution in [-0.2, 0) is 0 Å².